The highest BCUT2D eigenvalue weighted by Crippen LogP contribution is 2.18. The van der Waals surface area contributed by atoms with Crippen LogP contribution in [-0.2, 0) is 21.2 Å². The number of benzene rings is 1. The summed E-state index contributed by atoms with van der Waals surface area (Å²) in [6, 6.07) is 6.96. The van der Waals surface area contributed by atoms with Crippen LogP contribution in [-0.4, -0.2) is 45.4 Å². The molecule has 2 rings (SSSR count). The maximum Gasteiger partial charge on any atom is 0.238 e. The molecule has 1 fully saturated rings. The molecule has 1 heterocycles. The predicted molar refractivity (Wildman–Crippen MR) is 94.0 cm³/mol. The second-order valence-electron chi connectivity index (χ2n) is 6.46. The molecule has 1 atom stereocenters. The average molecular weight is 353 g/mol. The van der Waals surface area contributed by atoms with Crippen LogP contribution in [0.3, 0.4) is 0 Å². The lowest BCUT2D eigenvalue weighted by Crippen LogP contribution is -2.37. The Morgan fingerprint density at radius 3 is 2.62 bits per heavy atom. The number of sulfonamides is 1. The van der Waals surface area contributed by atoms with Gasteiger partial charge in [0.15, 0.2) is 0 Å². The minimum absolute atomic E-state index is 0.0788. The molecule has 0 aromatic heterocycles. The number of carbonyl (C=O) groups is 1. The van der Waals surface area contributed by atoms with Gasteiger partial charge in [-0.2, -0.15) is 0 Å². The molecule has 1 aliphatic rings. The zero-order valence-corrected chi connectivity index (χ0v) is 15.0. The van der Waals surface area contributed by atoms with Crippen LogP contribution in [0, 0.1) is 0 Å². The number of likely N-dealkylation sites (tertiary alicyclic amines) is 1. The highest BCUT2D eigenvalue weighted by molar-refractivity contribution is 7.89. The lowest BCUT2D eigenvalue weighted by Gasteiger charge is -2.32. The summed E-state index contributed by atoms with van der Waals surface area (Å²) in [5.41, 5.74) is 0.967. The van der Waals surface area contributed by atoms with Crippen LogP contribution in [0.15, 0.2) is 29.2 Å². The number of amides is 1. The van der Waals surface area contributed by atoms with Gasteiger partial charge in [0.05, 0.1) is 4.90 Å². The summed E-state index contributed by atoms with van der Waals surface area (Å²) in [4.78, 5) is 14.4. The fourth-order valence-corrected chi connectivity index (χ4v) is 3.60. The average Bonchev–Trinajstić information content (AvgIpc) is 2.54. The molecule has 0 unspecified atom stereocenters. The van der Waals surface area contributed by atoms with E-state index >= 15 is 0 Å². The molecule has 1 aromatic rings. The molecule has 1 saturated heterocycles. The van der Waals surface area contributed by atoms with Gasteiger partial charge in [-0.1, -0.05) is 18.6 Å². The number of hydrogen-bond donors (Lipinski definition) is 2. The lowest BCUT2D eigenvalue weighted by atomic mass is 9.98. The smallest absolute Gasteiger partial charge is 0.238 e. The number of nitrogens with two attached hydrogens (primary N) is 1. The van der Waals surface area contributed by atoms with Crippen LogP contribution in [0.5, 0.6) is 0 Å². The molecule has 1 aliphatic heterocycles. The van der Waals surface area contributed by atoms with Gasteiger partial charge >= 0.3 is 0 Å². The number of primary sulfonamides is 1. The molecule has 0 aliphatic carbocycles. The third-order valence-corrected chi connectivity index (χ3v) is 5.54. The number of nitrogens with zero attached hydrogens (tertiary/aromatic N) is 1. The Bertz CT molecular complexity index is 644. The van der Waals surface area contributed by atoms with E-state index in [1.165, 1.54) is 31.4 Å². The Balaban J connectivity index is 1.69. The van der Waals surface area contributed by atoms with Crippen LogP contribution in [0.1, 0.15) is 37.7 Å². The first-order chi connectivity index (χ1) is 11.4. The molecular weight excluding hydrogens is 326 g/mol. The molecule has 0 saturated carbocycles. The Morgan fingerprint density at radius 1 is 1.29 bits per heavy atom. The van der Waals surface area contributed by atoms with Crippen molar-refractivity contribution in [2.75, 3.05) is 20.1 Å². The van der Waals surface area contributed by atoms with E-state index in [1.807, 2.05) is 0 Å². The van der Waals surface area contributed by atoms with Gasteiger partial charge in [-0.15, -0.1) is 0 Å². The summed E-state index contributed by atoms with van der Waals surface area (Å²) in [6.07, 6.45) is 5.82. The molecule has 7 heteroatoms. The summed E-state index contributed by atoms with van der Waals surface area (Å²) in [5, 5.41) is 7.99. The Labute approximate surface area is 144 Å². The fourth-order valence-electron chi connectivity index (χ4n) is 3.09. The second kappa shape index (κ2) is 8.60. The highest BCUT2D eigenvalue weighted by atomic mass is 32.2. The van der Waals surface area contributed by atoms with Gasteiger partial charge in [0.1, 0.15) is 0 Å². The Kier molecular flexibility index (Phi) is 6.77. The highest BCUT2D eigenvalue weighted by Gasteiger charge is 2.19. The molecular formula is C17H27N3O3S. The molecule has 1 amide bonds. The van der Waals surface area contributed by atoms with Crippen molar-refractivity contribution < 1.29 is 13.2 Å². The van der Waals surface area contributed by atoms with E-state index in [2.05, 4.69) is 17.3 Å². The van der Waals surface area contributed by atoms with Crippen molar-refractivity contribution in [1.82, 2.24) is 10.2 Å². The van der Waals surface area contributed by atoms with E-state index in [0.29, 0.717) is 25.4 Å². The lowest BCUT2D eigenvalue weighted by molar-refractivity contribution is -0.121. The molecule has 0 spiro atoms. The minimum Gasteiger partial charge on any atom is -0.356 e. The van der Waals surface area contributed by atoms with Crippen molar-refractivity contribution in [2.24, 2.45) is 5.14 Å². The molecule has 6 nitrogen and oxygen atoms in total. The fraction of sp³-hybridized carbons (Fsp3) is 0.588. The first-order valence-corrected chi connectivity index (χ1v) is 9.99. The maximum absolute atomic E-state index is 11.9. The first kappa shape index (κ1) is 18.9. The SMILES string of the molecule is CN1CCCC[C@H]1CCC(=O)NCCc1ccc(S(N)(=O)=O)cc1. The van der Waals surface area contributed by atoms with Crippen molar-refractivity contribution in [3.8, 4) is 0 Å². The standard InChI is InChI=1S/C17H27N3O3S/c1-20-13-3-2-4-15(20)7-10-17(21)19-12-11-14-5-8-16(9-6-14)24(18,22)23/h5-6,8-9,15H,2-4,7,10-13H2,1H3,(H,19,21)(H2,18,22,23)/t15-/m0/s1. The van der Waals surface area contributed by atoms with Crippen molar-refractivity contribution in [1.29, 1.82) is 0 Å². The minimum atomic E-state index is -3.65. The largest absolute Gasteiger partial charge is 0.356 e. The number of nitrogens with one attached hydrogen (secondary N) is 1. The van der Waals surface area contributed by atoms with E-state index in [4.69, 9.17) is 5.14 Å². The predicted octanol–water partition coefficient (Wildman–Crippen LogP) is 1.26. The third kappa shape index (κ3) is 5.89. The van der Waals surface area contributed by atoms with E-state index < -0.39 is 10.0 Å². The Morgan fingerprint density at radius 2 is 2.00 bits per heavy atom. The third-order valence-electron chi connectivity index (χ3n) is 4.61. The van der Waals surface area contributed by atoms with Crippen LogP contribution in [0.25, 0.3) is 0 Å². The summed E-state index contributed by atoms with van der Waals surface area (Å²) in [7, 11) is -1.52. The Hall–Kier alpha value is -1.44. The van der Waals surface area contributed by atoms with Gasteiger partial charge in [0.25, 0.3) is 0 Å². The molecule has 0 radical (unpaired) electrons. The molecule has 0 bridgehead atoms. The van der Waals surface area contributed by atoms with Gasteiger partial charge in [-0.3, -0.25) is 4.79 Å². The van der Waals surface area contributed by atoms with Crippen LogP contribution >= 0.6 is 0 Å². The van der Waals surface area contributed by atoms with Crippen molar-refractivity contribution >= 4 is 15.9 Å². The van der Waals surface area contributed by atoms with Crippen molar-refractivity contribution in [3.63, 3.8) is 0 Å². The zero-order chi connectivity index (χ0) is 17.6. The second-order valence-corrected chi connectivity index (χ2v) is 8.02. The van der Waals surface area contributed by atoms with E-state index in [9.17, 15) is 13.2 Å². The monoisotopic (exact) mass is 353 g/mol. The summed E-state index contributed by atoms with van der Waals surface area (Å²) in [5.74, 6) is 0.0788. The topological polar surface area (TPSA) is 92.5 Å². The molecule has 3 N–H and O–H groups in total. The van der Waals surface area contributed by atoms with Crippen LogP contribution in [0.4, 0.5) is 0 Å². The number of rotatable bonds is 7. The van der Waals surface area contributed by atoms with Crippen molar-refractivity contribution in [2.45, 2.75) is 49.5 Å². The molecule has 24 heavy (non-hydrogen) atoms. The van der Waals surface area contributed by atoms with Gasteiger partial charge in [0.2, 0.25) is 15.9 Å². The van der Waals surface area contributed by atoms with E-state index in [0.717, 1.165) is 18.5 Å². The van der Waals surface area contributed by atoms with Gasteiger partial charge in [0, 0.05) is 19.0 Å². The normalized spacial score (nSPS) is 19.2. The number of carbonyl (C=O) groups excluding carboxylic acids is 1. The van der Waals surface area contributed by atoms with E-state index in [-0.39, 0.29) is 10.8 Å². The number of piperidine rings is 1. The van der Waals surface area contributed by atoms with Gasteiger partial charge in [-0.05, 0) is 57.0 Å². The molecule has 134 valence electrons. The molecule has 1 aromatic carbocycles. The zero-order valence-electron chi connectivity index (χ0n) is 14.2. The van der Waals surface area contributed by atoms with Gasteiger partial charge in [-0.25, -0.2) is 13.6 Å². The summed E-state index contributed by atoms with van der Waals surface area (Å²) in [6.45, 7) is 1.68. The summed E-state index contributed by atoms with van der Waals surface area (Å²) >= 11 is 0. The van der Waals surface area contributed by atoms with Crippen LogP contribution in [0.2, 0.25) is 0 Å². The number of hydrogen-bond acceptors (Lipinski definition) is 4. The summed E-state index contributed by atoms with van der Waals surface area (Å²) < 4.78 is 22.4. The van der Waals surface area contributed by atoms with Crippen LogP contribution < -0.4 is 10.5 Å². The van der Waals surface area contributed by atoms with Crippen molar-refractivity contribution in [3.05, 3.63) is 29.8 Å². The first-order valence-electron chi connectivity index (χ1n) is 8.45. The van der Waals surface area contributed by atoms with Gasteiger partial charge < -0.3 is 10.2 Å². The maximum atomic E-state index is 11.9. The van der Waals surface area contributed by atoms with E-state index in [1.54, 1.807) is 12.1 Å². The quantitative estimate of drug-likeness (QED) is 0.772.